The summed E-state index contributed by atoms with van der Waals surface area (Å²) in [5.41, 5.74) is 0.758. The van der Waals surface area contributed by atoms with Crippen molar-refractivity contribution in [3.05, 3.63) is 30.2 Å². The highest BCUT2D eigenvalue weighted by Gasteiger charge is 2.06. The van der Waals surface area contributed by atoms with Crippen LogP contribution in [0.4, 0.5) is 0 Å². The van der Waals surface area contributed by atoms with Crippen molar-refractivity contribution in [1.29, 1.82) is 0 Å². The minimum atomic E-state index is -1.01. The molecule has 1 heterocycles. The van der Waals surface area contributed by atoms with Crippen molar-refractivity contribution in [2.45, 2.75) is 6.92 Å². The van der Waals surface area contributed by atoms with Crippen molar-refractivity contribution in [3.8, 4) is 17.2 Å². The molecule has 0 aliphatic rings. The zero-order valence-corrected chi connectivity index (χ0v) is 9.08. The first-order valence-corrected chi connectivity index (χ1v) is 4.90. The van der Waals surface area contributed by atoms with Crippen LogP contribution in [0.25, 0.3) is 11.5 Å². The predicted octanol–water partition coefficient (Wildman–Crippen LogP) is 1.51. The van der Waals surface area contributed by atoms with Crippen molar-refractivity contribution in [1.82, 2.24) is 10.2 Å². The second-order valence-electron chi connectivity index (χ2n) is 3.33. The van der Waals surface area contributed by atoms with Crippen LogP contribution in [0.15, 0.2) is 28.7 Å². The molecule has 17 heavy (non-hydrogen) atoms. The molecule has 1 aromatic heterocycles. The molecule has 0 unspecified atom stereocenters. The summed E-state index contributed by atoms with van der Waals surface area (Å²) in [6.45, 7) is 1.35. The number of rotatable bonds is 4. The first-order valence-electron chi connectivity index (χ1n) is 4.90. The fourth-order valence-corrected chi connectivity index (χ4v) is 1.25. The van der Waals surface area contributed by atoms with Crippen LogP contribution >= 0.6 is 0 Å². The summed E-state index contributed by atoms with van der Waals surface area (Å²) in [6.07, 6.45) is 0. The molecule has 0 saturated heterocycles. The number of carbonyl (C=O) groups is 1. The minimum absolute atomic E-state index is 0.362. The van der Waals surface area contributed by atoms with Crippen LogP contribution < -0.4 is 4.74 Å². The molecular weight excluding hydrogens is 224 g/mol. The average Bonchev–Trinajstić information content (AvgIpc) is 2.74. The maximum absolute atomic E-state index is 10.3. The summed E-state index contributed by atoms with van der Waals surface area (Å²) in [5, 5.41) is 16.0. The normalized spacial score (nSPS) is 10.2. The van der Waals surface area contributed by atoms with Crippen LogP contribution in [0.5, 0.6) is 5.75 Å². The van der Waals surface area contributed by atoms with E-state index in [1.54, 1.807) is 31.2 Å². The predicted molar refractivity (Wildman–Crippen MR) is 57.6 cm³/mol. The molecular formula is C11H10N2O4. The molecule has 0 aliphatic carbocycles. The van der Waals surface area contributed by atoms with E-state index in [2.05, 4.69) is 10.2 Å². The van der Waals surface area contributed by atoms with Crippen molar-refractivity contribution < 1.29 is 19.1 Å². The standard InChI is InChI=1S/C11H10N2O4/c1-7-12-13-11(17-7)8-2-4-9(5-3-8)16-6-10(14)15/h2-5H,6H2,1H3,(H,14,15). The number of nitrogens with zero attached hydrogens (tertiary/aromatic N) is 2. The Morgan fingerprint density at radius 2 is 2.06 bits per heavy atom. The Balaban J connectivity index is 2.10. The monoisotopic (exact) mass is 234 g/mol. The van der Waals surface area contributed by atoms with Gasteiger partial charge in [-0.1, -0.05) is 0 Å². The van der Waals surface area contributed by atoms with E-state index in [1.807, 2.05) is 0 Å². The van der Waals surface area contributed by atoms with Crippen LogP contribution in [0.1, 0.15) is 5.89 Å². The van der Waals surface area contributed by atoms with Crippen LogP contribution in [0.3, 0.4) is 0 Å². The van der Waals surface area contributed by atoms with Gasteiger partial charge in [0, 0.05) is 12.5 Å². The summed E-state index contributed by atoms with van der Waals surface area (Å²) in [4.78, 5) is 10.3. The van der Waals surface area contributed by atoms with Gasteiger partial charge in [-0.25, -0.2) is 4.79 Å². The van der Waals surface area contributed by atoms with Gasteiger partial charge in [0.1, 0.15) is 5.75 Å². The zero-order valence-electron chi connectivity index (χ0n) is 9.08. The van der Waals surface area contributed by atoms with Crippen molar-refractivity contribution in [3.63, 3.8) is 0 Å². The van der Waals surface area contributed by atoms with Gasteiger partial charge >= 0.3 is 5.97 Å². The summed E-state index contributed by atoms with van der Waals surface area (Å²) in [7, 11) is 0. The molecule has 1 N–H and O–H groups in total. The van der Waals surface area contributed by atoms with Gasteiger partial charge in [-0.15, -0.1) is 10.2 Å². The number of hydrogen-bond acceptors (Lipinski definition) is 5. The highest BCUT2D eigenvalue weighted by Crippen LogP contribution is 2.20. The lowest BCUT2D eigenvalue weighted by Gasteiger charge is -2.02. The van der Waals surface area contributed by atoms with E-state index in [0.29, 0.717) is 17.5 Å². The van der Waals surface area contributed by atoms with Gasteiger partial charge in [0.25, 0.3) is 0 Å². The lowest BCUT2D eigenvalue weighted by atomic mass is 10.2. The van der Waals surface area contributed by atoms with Crippen LogP contribution in [-0.2, 0) is 4.79 Å². The lowest BCUT2D eigenvalue weighted by Crippen LogP contribution is -2.09. The van der Waals surface area contributed by atoms with Gasteiger partial charge in [0.2, 0.25) is 11.8 Å². The van der Waals surface area contributed by atoms with Crippen LogP contribution in [-0.4, -0.2) is 27.9 Å². The Kier molecular flexibility index (Phi) is 3.04. The Hall–Kier alpha value is -2.37. The summed E-state index contributed by atoms with van der Waals surface area (Å²) in [6, 6.07) is 6.75. The minimum Gasteiger partial charge on any atom is -0.482 e. The molecule has 0 spiro atoms. The molecule has 6 heteroatoms. The Labute approximate surface area is 96.9 Å². The summed E-state index contributed by atoms with van der Waals surface area (Å²) >= 11 is 0. The number of aliphatic carboxylic acids is 1. The molecule has 0 amide bonds. The quantitative estimate of drug-likeness (QED) is 0.862. The van der Waals surface area contributed by atoms with E-state index in [-0.39, 0.29) is 6.61 Å². The zero-order chi connectivity index (χ0) is 12.3. The number of hydrogen-bond donors (Lipinski definition) is 1. The third-order valence-electron chi connectivity index (χ3n) is 1.99. The summed E-state index contributed by atoms with van der Waals surface area (Å²) in [5.74, 6) is 0.382. The third-order valence-corrected chi connectivity index (χ3v) is 1.99. The van der Waals surface area contributed by atoms with Crippen LogP contribution in [0.2, 0.25) is 0 Å². The molecule has 0 aliphatic heterocycles. The van der Waals surface area contributed by atoms with Gasteiger partial charge in [-0.2, -0.15) is 0 Å². The number of carboxylic acids is 1. The fraction of sp³-hybridized carbons (Fsp3) is 0.182. The molecule has 0 fully saturated rings. The van der Waals surface area contributed by atoms with E-state index >= 15 is 0 Å². The van der Waals surface area contributed by atoms with Gasteiger partial charge < -0.3 is 14.3 Å². The lowest BCUT2D eigenvalue weighted by molar-refractivity contribution is -0.139. The maximum Gasteiger partial charge on any atom is 0.341 e. The molecule has 1 aromatic carbocycles. The number of benzene rings is 1. The highest BCUT2D eigenvalue weighted by atomic mass is 16.5. The highest BCUT2D eigenvalue weighted by molar-refractivity contribution is 5.68. The van der Waals surface area contributed by atoms with Crippen molar-refractivity contribution in [2.24, 2.45) is 0 Å². The van der Waals surface area contributed by atoms with Gasteiger partial charge in [-0.3, -0.25) is 0 Å². The van der Waals surface area contributed by atoms with Crippen molar-refractivity contribution >= 4 is 5.97 Å². The number of aromatic nitrogens is 2. The fourth-order valence-electron chi connectivity index (χ4n) is 1.25. The first-order chi connectivity index (χ1) is 8.15. The molecule has 0 saturated carbocycles. The van der Waals surface area contributed by atoms with Gasteiger partial charge in [0.05, 0.1) is 0 Å². The number of carboxylic acid groups (broad SMARTS) is 1. The maximum atomic E-state index is 10.3. The van der Waals surface area contributed by atoms with Crippen LogP contribution in [0, 0.1) is 6.92 Å². The molecule has 0 atom stereocenters. The third kappa shape index (κ3) is 2.81. The van der Waals surface area contributed by atoms with E-state index in [0.717, 1.165) is 5.56 Å². The molecule has 6 nitrogen and oxygen atoms in total. The largest absolute Gasteiger partial charge is 0.482 e. The second kappa shape index (κ2) is 4.65. The van der Waals surface area contributed by atoms with E-state index in [1.165, 1.54) is 0 Å². The van der Waals surface area contributed by atoms with Gasteiger partial charge in [-0.05, 0) is 24.3 Å². The number of aryl methyl sites for hydroxylation is 1. The molecule has 2 rings (SSSR count). The van der Waals surface area contributed by atoms with E-state index < -0.39 is 5.97 Å². The van der Waals surface area contributed by atoms with Crippen molar-refractivity contribution in [2.75, 3.05) is 6.61 Å². The van der Waals surface area contributed by atoms with E-state index in [9.17, 15) is 4.79 Å². The second-order valence-corrected chi connectivity index (χ2v) is 3.33. The number of ether oxygens (including phenoxy) is 1. The SMILES string of the molecule is Cc1nnc(-c2ccc(OCC(=O)O)cc2)o1. The average molecular weight is 234 g/mol. The molecule has 0 bridgehead atoms. The molecule has 2 aromatic rings. The summed E-state index contributed by atoms with van der Waals surface area (Å²) < 4.78 is 10.2. The molecule has 0 radical (unpaired) electrons. The topological polar surface area (TPSA) is 85.5 Å². The Morgan fingerprint density at radius 1 is 1.35 bits per heavy atom. The Morgan fingerprint density at radius 3 is 2.59 bits per heavy atom. The van der Waals surface area contributed by atoms with E-state index in [4.69, 9.17) is 14.3 Å². The smallest absolute Gasteiger partial charge is 0.341 e. The van der Waals surface area contributed by atoms with Gasteiger partial charge in [0.15, 0.2) is 6.61 Å². The molecule has 88 valence electrons. The first kappa shape index (κ1) is 11.1. The Bertz CT molecular complexity index is 519.